The molecule has 2 N–H and O–H groups in total. The van der Waals surface area contributed by atoms with Crippen molar-refractivity contribution in [3.05, 3.63) is 22.2 Å². The fourth-order valence-corrected chi connectivity index (χ4v) is 1.16. The predicted octanol–water partition coefficient (Wildman–Crippen LogP) is 4.28. The van der Waals surface area contributed by atoms with E-state index < -0.39 is 0 Å². The third kappa shape index (κ3) is 4.65. The number of halogens is 2. The zero-order valence-corrected chi connectivity index (χ0v) is 10.0. The van der Waals surface area contributed by atoms with Crippen LogP contribution in [0, 0.1) is 0 Å². The first-order valence-electron chi connectivity index (χ1n) is 3.96. The first-order chi connectivity index (χ1) is 6.02. The summed E-state index contributed by atoms with van der Waals surface area (Å²) in [5.74, 6) is 0. The van der Waals surface area contributed by atoms with Gasteiger partial charge in [-0.3, -0.25) is 0 Å². The van der Waals surface area contributed by atoms with Crippen LogP contribution in [0.15, 0.2) is 17.0 Å². The average molecular weight is 238 g/mol. The second-order valence-electron chi connectivity index (χ2n) is 2.53. The molecule has 0 saturated carbocycles. The molecule has 74 valence electrons. The lowest BCUT2D eigenvalue weighted by molar-refractivity contribution is 1.09. The zero-order chi connectivity index (χ0) is 10.4. The first-order valence-corrected chi connectivity index (χ1v) is 5.16. The minimum atomic E-state index is 0.456. The van der Waals surface area contributed by atoms with E-state index in [0.29, 0.717) is 20.6 Å². The van der Waals surface area contributed by atoms with Crippen LogP contribution in [0.1, 0.15) is 20.3 Å². The summed E-state index contributed by atoms with van der Waals surface area (Å²) in [7, 11) is 0. The Labute approximate surface area is 94.6 Å². The standard InChI is InChI=1S/C6H5Cl2NS.C3H8/c7-3-1-5(9)6(10)2-4(3)8;1-3-2/h1-2,10H,9H2;3H2,1-2H3. The molecule has 0 atom stereocenters. The molecule has 1 aromatic carbocycles. The van der Waals surface area contributed by atoms with Gasteiger partial charge in [-0.1, -0.05) is 43.5 Å². The van der Waals surface area contributed by atoms with Crippen LogP contribution in [-0.4, -0.2) is 0 Å². The minimum absolute atomic E-state index is 0.456. The molecule has 0 spiro atoms. The van der Waals surface area contributed by atoms with Gasteiger partial charge in [-0.15, -0.1) is 12.6 Å². The van der Waals surface area contributed by atoms with Crippen molar-refractivity contribution in [2.75, 3.05) is 5.73 Å². The van der Waals surface area contributed by atoms with E-state index in [1.807, 2.05) is 0 Å². The lowest BCUT2D eigenvalue weighted by atomic mass is 10.3. The Balaban J connectivity index is 0.000000424. The van der Waals surface area contributed by atoms with Crippen molar-refractivity contribution in [1.82, 2.24) is 0 Å². The molecule has 0 aliphatic rings. The lowest BCUT2D eigenvalue weighted by Crippen LogP contribution is -1.86. The third-order valence-corrected chi connectivity index (χ3v) is 2.18. The molecule has 4 heteroatoms. The molecule has 1 aromatic rings. The number of rotatable bonds is 0. The van der Waals surface area contributed by atoms with Gasteiger partial charge in [0.1, 0.15) is 0 Å². The van der Waals surface area contributed by atoms with E-state index in [9.17, 15) is 0 Å². The van der Waals surface area contributed by atoms with Crippen molar-refractivity contribution in [2.24, 2.45) is 0 Å². The van der Waals surface area contributed by atoms with Gasteiger partial charge in [0, 0.05) is 10.6 Å². The van der Waals surface area contributed by atoms with Crippen LogP contribution >= 0.6 is 35.8 Å². The SMILES string of the molecule is CCC.Nc1cc(Cl)c(Cl)cc1S. The highest BCUT2D eigenvalue weighted by atomic mass is 35.5. The van der Waals surface area contributed by atoms with Gasteiger partial charge in [-0.25, -0.2) is 0 Å². The summed E-state index contributed by atoms with van der Waals surface area (Å²) >= 11 is 15.3. The Morgan fingerprint density at radius 3 is 2.00 bits per heavy atom. The summed E-state index contributed by atoms with van der Waals surface area (Å²) in [5.41, 5.74) is 6.01. The Bertz CT molecular complexity index is 226. The summed E-state index contributed by atoms with van der Waals surface area (Å²) in [6.45, 7) is 4.25. The van der Waals surface area contributed by atoms with Crippen molar-refractivity contribution >= 4 is 41.5 Å². The molecule has 0 fully saturated rings. The Kier molecular flexibility index (Phi) is 6.39. The van der Waals surface area contributed by atoms with Gasteiger partial charge in [0.25, 0.3) is 0 Å². The second-order valence-corrected chi connectivity index (χ2v) is 3.83. The number of hydrogen-bond donors (Lipinski definition) is 2. The molecular formula is C9H13Cl2NS. The maximum absolute atomic E-state index is 5.65. The molecule has 0 radical (unpaired) electrons. The number of nitrogen functional groups attached to an aromatic ring is 1. The fourth-order valence-electron chi connectivity index (χ4n) is 0.552. The minimum Gasteiger partial charge on any atom is -0.398 e. The molecular weight excluding hydrogens is 225 g/mol. The summed E-state index contributed by atoms with van der Waals surface area (Å²) < 4.78 is 0. The average Bonchev–Trinajstić information content (AvgIpc) is 2.03. The van der Waals surface area contributed by atoms with E-state index in [4.69, 9.17) is 28.9 Å². The quantitative estimate of drug-likeness (QED) is 0.512. The van der Waals surface area contributed by atoms with Gasteiger partial charge in [0.2, 0.25) is 0 Å². The number of hydrogen-bond acceptors (Lipinski definition) is 2. The van der Waals surface area contributed by atoms with Crippen LogP contribution in [0.5, 0.6) is 0 Å². The summed E-state index contributed by atoms with van der Waals surface area (Å²) in [6, 6.07) is 3.19. The highest BCUT2D eigenvalue weighted by Gasteiger charge is 2.00. The highest BCUT2D eigenvalue weighted by molar-refractivity contribution is 7.80. The van der Waals surface area contributed by atoms with Gasteiger partial charge in [0.15, 0.2) is 0 Å². The van der Waals surface area contributed by atoms with E-state index in [2.05, 4.69) is 26.5 Å². The zero-order valence-electron chi connectivity index (χ0n) is 7.64. The van der Waals surface area contributed by atoms with Crippen molar-refractivity contribution in [3.63, 3.8) is 0 Å². The van der Waals surface area contributed by atoms with E-state index in [0.717, 1.165) is 0 Å². The molecule has 1 rings (SSSR count). The van der Waals surface area contributed by atoms with E-state index >= 15 is 0 Å². The summed E-state index contributed by atoms with van der Waals surface area (Å²) in [6.07, 6.45) is 1.25. The Hall–Kier alpha value is -0.0500. The molecule has 1 nitrogen and oxygen atoms in total. The van der Waals surface area contributed by atoms with Crippen LogP contribution in [-0.2, 0) is 0 Å². The van der Waals surface area contributed by atoms with Crippen molar-refractivity contribution < 1.29 is 0 Å². The number of nitrogens with two attached hydrogens (primary N) is 1. The van der Waals surface area contributed by atoms with Crippen LogP contribution < -0.4 is 5.73 Å². The normalized spacial score (nSPS) is 9.00. The Morgan fingerprint density at radius 2 is 1.62 bits per heavy atom. The Morgan fingerprint density at radius 1 is 1.23 bits per heavy atom. The van der Waals surface area contributed by atoms with Crippen LogP contribution in [0.25, 0.3) is 0 Å². The van der Waals surface area contributed by atoms with Crippen molar-refractivity contribution in [3.8, 4) is 0 Å². The monoisotopic (exact) mass is 237 g/mol. The fraction of sp³-hybridized carbons (Fsp3) is 0.333. The predicted molar refractivity (Wildman–Crippen MR) is 64.1 cm³/mol. The van der Waals surface area contributed by atoms with Gasteiger partial charge in [-0.05, 0) is 12.1 Å². The smallest absolute Gasteiger partial charge is 0.0613 e. The number of anilines is 1. The summed E-state index contributed by atoms with van der Waals surface area (Å²) in [4.78, 5) is 0.648. The van der Waals surface area contributed by atoms with Crippen molar-refractivity contribution in [2.45, 2.75) is 25.2 Å². The molecule has 0 amide bonds. The molecule has 13 heavy (non-hydrogen) atoms. The second kappa shape index (κ2) is 6.41. The maximum atomic E-state index is 5.65. The number of thiol groups is 1. The molecule has 0 aliphatic carbocycles. The van der Waals surface area contributed by atoms with E-state index in [-0.39, 0.29) is 0 Å². The van der Waals surface area contributed by atoms with Gasteiger partial charge in [-0.2, -0.15) is 0 Å². The third-order valence-electron chi connectivity index (χ3n) is 1.07. The molecule has 0 heterocycles. The van der Waals surface area contributed by atoms with Gasteiger partial charge in [0.05, 0.1) is 10.0 Å². The highest BCUT2D eigenvalue weighted by Crippen LogP contribution is 2.28. The number of benzene rings is 1. The van der Waals surface area contributed by atoms with Gasteiger partial charge < -0.3 is 5.73 Å². The van der Waals surface area contributed by atoms with Crippen LogP contribution in [0.3, 0.4) is 0 Å². The largest absolute Gasteiger partial charge is 0.398 e. The molecule has 0 bridgehead atoms. The summed E-state index contributed by atoms with van der Waals surface area (Å²) in [5, 5.41) is 0.929. The first kappa shape index (κ1) is 12.9. The molecule has 0 aromatic heterocycles. The molecule has 0 saturated heterocycles. The van der Waals surface area contributed by atoms with Crippen LogP contribution in [0.4, 0.5) is 5.69 Å². The van der Waals surface area contributed by atoms with Crippen LogP contribution in [0.2, 0.25) is 10.0 Å². The van der Waals surface area contributed by atoms with Crippen molar-refractivity contribution in [1.29, 1.82) is 0 Å². The molecule has 0 aliphatic heterocycles. The topological polar surface area (TPSA) is 26.0 Å². The van der Waals surface area contributed by atoms with Gasteiger partial charge >= 0.3 is 0 Å². The molecule has 0 unspecified atom stereocenters. The van der Waals surface area contributed by atoms with E-state index in [1.165, 1.54) is 6.42 Å². The lowest BCUT2D eigenvalue weighted by Gasteiger charge is -2.00. The van der Waals surface area contributed by atoms with E-state index in [1.54, 1.807) is 12.1 Å². The maximum Gasteiger partial charge on any atom is 0.0613 e.